The molecule has 6 nitrogen and oxygen atoms in total. The van der Waals surface area contributed by atoms with Gasteiger partial charge in [-0.1, -0.05) is 34.8 Å². The van der Waals surface area contributed by atoms with E-state index in [1.165, 1.54) is 0 Å². The number of aliphatic hydroxyl groups excluding tert-OH is 1. The number of anilines is 1. The van der Waals surface area contributed by atoms with Gasteiger partial charge in [0.15, 0.2) is 0 Å². The summed E-state index contributed by atoms with van der Waals surface area (Å²) < 4.78 is 6.08. The molecule has 1 fully saturated rings. The van der Waals surface area contributed by atoms with Crippen LogP contribution in [0.3, 0.4) is 0 Å². The number of aryl methyl sites for hydroxylation is 1. The number of halogens is 2. The molecule has 2 aliphatic rings. The van der Waals surface area contributed by atoms with E-state index in [1.54, 1.807) is 42.2 Å². The number of carbonyl (C=O) groups excluding carboxylic acids is 1. The van der Waals surface area contributed by atoms with Crippen molar-refractivity contribution in [3.8, 4) is 11.8 Å². The molecule has 1 aliphatic carbocycles. The maximum Gasteiger partial charge on any atom is 0.231 e. The molecule has 1 saturated carbocycles. The summed E-state index contributed by atoms with van der Waals surface area (Å²) in [5, 5.41) is 30.0. The smallest absolute Gasteiger partial charge is 0.231 e. The monoisotopic (exact) mass is 549 g/mol. The molecule has 1 amide bonds. The standard InChI is InChI=1S/C30H29Cl2N3O3/c1-17(2)13-21(15-33)18(3)35-26-11-10-22(14-20(26)9-12-27(35)36)38-16-23(30(37)19-7-8-19)29(34)28-24(31)5-4-6-25(28)32/h4-6,10-11,13-14,19,34,37H,7-9,12,16H2,1-3H3/b21-18-,30-23-,34-29?. The van der Waals surface area contributed by atoms with Gasteiger partial charge < -0.3 is 9.84 Å². The Bertz CT molecular complexity index is 1420. The SMILES string of the molecule is CC(C)=C/C(C#N)=C(\C)N1C(=O)CCc2cc(OC/C(C(=N)c3c(Cl)cccc3Cl)=C(/O)C3CC3)ccc21. The normalized spacial score (nSPS) is 16.1. The zero-order valence-corrected chi connectivity index (χ0v) is 23.1. The number of nitrogens with one attached hydrogen (secondary N) is 1. The number of carbonyl (C=O) groups is 1. The maximum atomic E-state index is 12.9. The molecular weight excluding hydrogens is 521 g/mol. The van der Waals surface area contributed by atoms with E-state index >= 15 is 0 Å². The van der Waals surface area contributed by atoms with Crippen LogP contribution in [0.25, 0.3) is 0 Å². The number of aliphatic hydroxyl groups is 1. The molecule has 0 unspecified atom stereocenters. The molecule has 0 bridgehead atoms. The third kappa shape index (κ3) is 5.80. The number of hydrogen-bond acceptors (Lipinski definition) is 5. The molecule has 196 valence electrons. The lowest BCUT2D eigenvalue weighted by Gasteiger charge is -2.30. The van der Waals surface area contributed by atoms with Crippen molar-refractivity contribution in [2.75, 3.05) is 11.5 Å². The lowest BCUT2D eigenvalue weighted by atomic mass is 9.99. The number of nitrogens with zero attached hydrogens (tertiary/aromatic N) is 2. The van der Waals surface area contributed by atoms with Gasteiger partial charge in [-0.2, -0.15) is 5.26 Å². The van der Waals surface area contributed by atoms with E-state index in [0.717, 1.165) is 24.0 Å². The van der Waals surface area contributed by atoms with Crippen LogP contribution in [0, 0.1) is 22.7 Å². The zero-order chi connectivity index (χ0) is 27.6. The summed E-state index contributed by atoms with van der Waals surface area (Å²) in [6.45, 7) is 5.55. The summed E-state index contributed by atoms with van der Waals surface area (Å²) in [6, 6.07) is 12.7. The second-order valence-corrected chi connectivity index (χ2v) is 10.6. The molecule has 8 heteroatoms. The van der Waals surface area contributed by atoms with Gasteiger partial charge in [0, 0.05) is 23.6 Å². The molecule has 4 rings (SSSR count). The Balaban J connectivity index is 1.63. The van der Waals surface area contributed by atoms with Crippen molar-refractivity contribution >= 4 is 40.5 Å². The number of benzene rings is 2. The number of ether oxygens (including phenoxy) is 1. The van der Waals surface area contributed by atoms with E-state index in [9.17, 15) is 15.2 Å². The van der Waals surface area contributed by atoms with Crippen LogP contribution in [0.5, 0.6) is 5.75 Å². The second kappa shape index (κ2) is 11.5. The first kappa shape index (κ1) is 27.5. The van der Waals surface area contributed by atoms with Crippen LogP contribution in [0.4, 0.5) is 5.69 Å². The summed E-state index contributed by atoms with van der Waals surface area (Å²) in [5.41, 5.74) is 4.35. The Morgan fingerprint density at radius 3 is 2.47 bits per heavy atom. The average Bonchev–Trinajstić information content (AvgIpc) is 3.72. The minimum Gasteiger partial charge on any atom is -0.512 e. The molecular formula is C30H29Cl2N3O3. The van der Waals surface area contributed by atoms with Gasteiger partial charge in [-0.05, 0) is 82.0 Å². The molecule has 38 heavy (non-hydrogen) atoms. The first-order chi connectivity index (χ1) is 18.1. The van der Waals surface area contributed by atoms with Crippen molar-refractivity contribution in [2.24, 2.45) is 5.92 Å². The van der Waals surface area contributed by atoms with E-state index in [4.69, 9.17) is 33.3 Å². The fourth-order valence-electron chi connectivity index (χ4n) is 4.47. The van der Waals surface area contributed by atoms with Gasteiger partial charge in [0.1, 0.15) is 24.2 Å². The lowest BCUT2D eigenvalue weighted by molar-refractivity contribution is -0.118. The van der Waals surface area contributed by atoms with Gasteiger partial charge in [0.2, 0.25) is 5.91 Å². The third-order valence-corrected chi connectivity index (χ3v) is 7.23. The lowest BCUT2D eigenvalue weighted by Crippen LogP contribution is -2.34. The van der Waals surface area contributed by atoms with E-state index in [-0.39, 0.29) is 29.9 Å². The highest BCUT2D eigenvalue weighted by atomic mass is 35.5. The number of hydrogen-bond donors (Lipinski definition) is 2. The van der Waals surface area contributed by atoms with Crippen LogP contribution >= 0.6 is 23.2 Å². The Hall–Kier alpha value is -3.53. The minimum atomic E-state index is -0.0665. The highest BCUT2D eigenvalue weighted by Gasteiger charge is 2.31. The van der Waals surface area contributed by atoms with Crippen molar-refractivity contribution in [3.05, 3.63) is 91.8 Å². The van der Waals surface area contributed by atoms with Crippen molar-refractivity contribution in [1.82, 2.24) is 0 Å². The molecule has 2 aromatic carbocycles. The second-order valence-electron chi connectivity index (χ2n) is 9.75. The first-order valence-electron chi connectivity index (χ1n) is 12.4. The quantitative estimate of drug-likeness (QED) is 0.152. The number of allylic oxidation sites excluding steroid dienone is 5. The minimum absolute atomic E-state index is 0.00298. The van der Waals surface area contributed by atoms with E-state index < -0.39 is 0 Å². The predicted octanol–water partition coefficient (Wildman–Crippen LogP) is 7.71. The van der Waals surface area contributed by atoms with Gasteiger partial charge in [-0.15, -0.1) is 0 Å². The molecule has 2 N–H and O–H groups in total. The summed E-state index contributed by atoms with van der Waals surface area (Å²) >= 11 is 12.7. The Labute approximate surface area is 232 Å². The van der Waals surface area contributed by atoms with Crippen LogP contribution < -0.4 is 9.64 Å². The number of nitriles is 1. The topological polar surface area (TPSA) is 97.4 Å². The van der Waals surface area contributed by atoms with E-state index in [0.29, 0.717) is 56.7 Å². The summed E-state index contributed by atoms with van der Waals surface area (Å²) in [6.07, 6.45) is 4.33. The maximum absolute atomic E-state index is 12.9. The summed E-state index contributed by atoms with van der Waals surface area (Å²) in [4.78, 5) is 14.5. The highest BCUT2D eigenvalue weighted by molar-refractivity contribution is 6.41. The van der Waals surface area contributed by atoms with E-state index in [1.807, 2.05) is 26.0 Å². The molecule has 0 spiro atoms. The first-order valence-corrected chi connectivity index (χ1v) is 13.2. The van der Waals surface area contributed by atoms with Crippen LogP contribution in [-0.4, -0.2) is 23.3 Å². The van der Waals surface area contributed by atoms with Crippen molar-refractivity contribution < 1.29 is 14.6 Å². The van der Waals surface area contributed by atoms with Gasteiger partial charge >= 0.3 is 0 Å². The van der Waals surface area contributed by atoms with Gasteiger partial charge in [0.25, 0.3) is 0 Å². The van der Waals surface area contributed by atoms with E-state index in [2.05, 4.69) is 6.07 Å². The Morgan fingerprint density at radius 2 is 1.87 bits per heavy atom. The molecule has 0 saturated heterocycles. The average molecular weight is 550 g/mol. The Morgan fingerprint density at radius 1 is 1.18 bits per heavy atom. The third-order valence-electron chi connectivity index (χ3n) is 6.60. The van der Waals surface area contributed by atoms with Crippen molar-refractivity contribution in [3.63, 3.8) is 0 Å². The fraction of sp³-hybridized carbons (Fsp3) is 0.300. The van der Waals surface area contributed by atoms with Gasteiger partial charge in [-0.25, -0.2) is 0 Å². The number of fused-ring (bicyclic) bond motifs is 1. The van der Waals surface area contributed by atoms with Crippen molar-refractivity contribution in [1.29, 1.82) is 10.7 Å². The summed E-state index contributed by atoms with van der Waals surface area (Å²) in [7, 11) is 0. The number of rotatable bonds is 8. The highest BCUT2D eigenvalue weighted by Crippen LogP contribution is 2.39. The van der Waals surface area contributed by atoms with Crippen LogP contribution in [0.15, 0.2) is 70.6 Å². The molecule has 0 radical (unpaired) electrons. The fourth-order valence-corrected chi connectivity index (χ4v) is 5.06. The summed E-state index contributed by atoms with van der Waals surface area (Å²) in [5.74, 6) is 0.611. The molecule has 0 aromatic heterocycles. The van der Waals surface area contributed by atoms with Crippen LogP contribution in [0.1, 0.15) is 51.2 Å². The van der Waals surface area contributed by atoms with Crippen LogP contribution in [-0.2, 0) is 11.2 Å². The number of amides is 1. The van der Waals surface area contributed by atoms with Gasteiger partial charge in [0.05, 0.1) is 32.6 Å². The van der Waals surface area contributed by atoms with Crippen LogP contribution in [0.2, 0.25) is 10.0 Å². The largest absolute Gasteiger partial charge is 0.512 e. The van der Waals surface area contributed by atoms with Crippen molar-refractivity contribution in [2.45, 2.75) is 46.5 Å². The Kier molecular flexibility index (Phi) is 8.30. The molecule has 0 atom stereocenters. The molecule has 1 aliphatic heterocycles. The van der Waals surface area contributed by atoms with Gasteiger partial charge in [-0.3, -0.25) is 15.1 Å². The molecule has 2 aromatic rings. The zero-order valence-electron chi connectivity index (χ0n) is 21.6. The predicted molar refractivity (Wildman–Crippen MR) is 151 cm³/mol. The molecule has 1 heterocycles.